The van der Waals surface area contributed by atoms with Crippen molar-refractivity contribution in [3.63, 3.8) is 0 Å². The molecular weight excluding hydrogens is 180 g/mol. The average Bonchev–Trinajstić information content (AvgIpc) is 1.95. The van der Waals surface area contributed by atoms with Gasteiger partial charge in [-0.25, -0.2) is 0 Å². The predicted octanol–water partition coefficient (Wildman–Crippen LogP) is 5.48. The number of hydrogen-bond acceptors (Lipinski definition) is 0. The summed E-state index contributed by atoms with van der Waals surface area (Å²) >= 11 is 0. The maximum absolute atomic E-state index is 4.12. The molecule has 91 valence electrons. The first-order chi connectivity index (χ1) is 6.68. The fourth-order valence-corrected chi connectivity index (χ4v) is 3.05. The quantitative estimate of drug-likeness (QED) is 0.523. The van der Waals surface area contributed by atoms with Crippen LogP contribution in [0.15, 0.2) is 0 Å². The average molecular weight is 211 g/mol. The topological polar surface area (TPSA) is 0 Å². The summed E-state index contributed by atoms with van der Waals surface area (Å²) in [5.41, 5.74) is 0.937. The molecule has 1 atom stereocenters. The lowest BCUT2D eigenvalue weighted by Gasteiger charge is -2.36. The monoisotopic (exact) mass is 211 g/mol. The van der Waals surface area contributed by atoms with Crippen LogP contribution in [0.5, 0.6) is 0 Å². The Balaban J connectivity index is 4.16. The Bertz CT molecular complexity index is 163. The van der Waals surface area contributed by atoms with Gasteiger partial charge >= 0.3 is 0 Å². The van der Waals surface area contributed by atoms with Gasteiger partial charge in [-0.1, -0.05) is 61.3 Å². The molecule has 0 aliphatic heterocycles. The highest BCUT2D eigenvalue weighted by molar-refractivity contribution is 4.81. The molecule has 1 unspecified atom stereocenters. The first kappa shape index (κ1) is 15.0. The van der Waals surface area contributed by atoms with Crippen LogP contribution in [-0.4, -0.2) is 0 Å². The molecule has 0 bridgehead atoms. The molecule has 0 spiro atoms. The fraction of sp³-hybridized carbons (Fsp3) is 0.933. The summed E-state index contributed by atoms with van der Waals surface area (Å²) in [5, 5.41) is 0. The highest BCUT2D eigenvalue weighted by atomic mass is 14.3. The van der Waals surface area contributed by atoms with Crippen LogP contribution >= 0.6 is 0 Å². The number of unbranched alkanes of at least 4 members (excludes halogenated alkanes) is 1. The zero-order valence-electron chi connectivity index (χ0n) is 11.8. The van der Waals surface area contributed by atoms with Crippen LogP contribution in [0.2, 0.25) is 0 Å². The molecule has 15 heavy (non-hydrogen) atoms. The summed E-state index contributed by atoms with van der Waals surface area (Å²) in [6.45, 7) is 18.2. The third kappa shape index (κ3) is 7.88. The van der Waals surface area contributed by atoms with Crippen LogP contribution in [0.4, 0.5) is 0 Å². The maximum Gasteiger partial charge on any atom is -0.0347 e. The minimum Gasteiger partial charge on any atom is -0.0654 e. The Hall–Kier alpha value is 0. The Morgan fingerprint density at radius 1 is 1.07 bits per heavy atom. The first-order valence-electron chi connectivity index (χ1n) is 6.52. The van der Waals surface area contributed by atoms with Crippen LogP contribution in [0, 0.1) is 23.7 Å². The molecule has 0 saturated heterocycles. The molecule has 0 aliphatic carbocycles. The molecule has 0 amide bonds. The van der Waals surface area contributed by atoms with Gasteiger partial charge in [0.2, 0.25) is 0 Å². The van der Waals surface area contributed by atoms with Gasteiger partial charge in [0.1, 0.15) is 0 Å². The van der Waals surface area contributed by atoms with E-state index in [4.69, 9.17) is 0 Å². The summed E-state index contributed by atoms with van der Waals surface area (Å²) in [5.74, 6) is 0.571. The second-order valence-electron chi connectivity index (χ2n) is 6.92. The molecule has 0 saturated carbocycles. The standard InChI is InChI=1S/C15H31/c1-8-9-10-14(4,5)12-15(6,7)11-13(2)3/h13H,2,8-12H2,1,3-7H3. The zero-order chi connectivity index (χ0) is 12.1. The Kier molecular flexibility index (Phi) is 5.92. The van der Waals surface area contributed by atoms with Crippen LogP contribution in [0.1, 0.15) is 73.6 Å². The molecule has 0 aliphatic rings. The molecule has 0 aromatic carbocycles. The summed E-state index contributed by atoms with van der Waals surface area (Å²) in [6, 6.07) is 0. The van der Waals surface area contributed by atoms with Gasteiger partial charge in [0.05, 0.1) is 0 Å². The number of rotatable bonds is 7. The van der Waals surface area contributed by atoms with Crippen molar-refractivity contribution in [2.45, 2.75) is 73.6 Å². The largest absolute Gasteiger partial charge is 0.0654 e. The summed E-state index contributed by atoms with van der Waals surface area (Å²) in [4.78, 5) is 0. The zero-order valence-corrected chi connectivity index (χ0v) is 11.8. The Labute approximate surface area is 97.8 Å². The molecule has 0 fully saturated rings. The predicted molar refractivity (Wildman–Crippen MR) is 70.8 cm³/mol. The van der Waals surface area contributed by atoms with E-state index < -0.39 is 0 Å². The summed E-state index contributed by atoms with van der Waals surface area (Å²) < 4.78 is 0. The fourth-order valence-electron chi connectivity index (χ4n) is 3.05. The van der Waals surface area contributed by atoms with Crippen molar-refractivity contribution >= 4 is 0 Å². The van der Waals surface area contributed by atoms with Gasteiger partial charge in [0, 0.05) is 0 Å². The van der Waals surface area contributed by atoms with Crippen molar-refractivity contribution < 1.29 is 0 Å². The van der Waals surface area contributed by atoms with E-state index in [2.05, 4.69) is 48.5 Å². The summed E-state index contributed by atoms with van der Waals surface area (Å²) in [7, 11) is 0. The van der Waals surface area contributed by atoms with E-state index in [-0.39, 0.29) is 0 Å². The lowest BCUT2D eigenvalue weighted by molar-refractivity contribution is 0.157. The van der Waals surface area contributed by atoms with Gasteiger partial charge in [-0.05, 0) is 36.0 Å². The van der Waals surface area contributed by atoms with Crippen molar-refractivity contribution in [1.29, 1.82) is 0 Å². The van der Waals surface area contributed by atoms with Crippen LogP contribution in [0.25, 0.3) is 0 Å². The number of hydrogen-bond donors (Lipinski definition) is 0. The third-order valence-electron chi connectivity index (χ3n) is 3.07. The minimum absolute atomic E-state index is 0.443. The Morgan fingerprint density at radius 2 is 1.60 bits per heavy atom. The van der Waals surface area contributed by atoms with E-state index in [1.54, 1.807) is 0 Å². The SMILES string of the molecule is [CH2]C(C)CC(C)(C)CC(C)(C)CCCC. The second kappa shape index (κ2) is 5.92. The molecule has 0 rings (SSSR count). The molecular formula is C15H31. The molecule has 0 aromatic rings. The van der Waals surface area contributed by atoms with Crippen LogP contribution in [0.3, 0.4) is 0 Å². The smallest absolute Gasteiger partial charge is 0.0347 e. The molecule has 0 heterocycles. The van der Waals surface area contributed by atoms with Gasteiger partial charge in [0.15, 0.2) is 0 Å². The highest BCUT2D eigenvalue weighted by Crippen LogP contribution is 2.40. The van der Waals surface area contributed by atoms with Gasteiger partial charge < -0.3 is 0 Å². The highest BCUT2D eigenvalue weighted by Gasteiger charge is 2.28. The normalized spacial score (nSPS) is 13.6. The molecule has 0 N–H and O–H groups in total. The maximum atomic E-state index is 4.12. The van der Waals surface area contributed by atoms with Crippen molar-refractivity contribution in [2.75, 3.05) is 0 Å². The summed E-state index contributed by atoms with van der Waals surface area (Å²) in [6.07, 6.45) is 6.60. The van der Waals surface area contributed by atoms with Gasteiger partial charge in [-0.3, -0.25) is 0 Å². The third-order valence-corrected chi connectivity index (χ3v) is 3.07. The van der Waals surface area contributed by atoms with Crippen molar-refractivity contribution in [3.05, 3.63) is 6.92 Å². The van der Waals surface area contributed by atoms with Crippen molar-refractivity contribution in [2.24, 2.45) is 16.7 Å². The first-order valence-corrected chi connectivity index (χ1v) is 6.52. The molecule has 0 aromatic heterocycles. The van der Waals surface area contributed by atoms with Crippen LogP contribution < -0.4 is 0 Å². The van der Waals surface area contributed by atoms with Gasteiger partial charge in [-0.15, -0.1) is 0 Å². The van der Waals surface area contributed by atoms with E-state index in [9.17, 15) is 0 Å². The minimum atomic E-state index is 0.443. The van der Waals surface area contributed by atoms with Crippen LogP contribution in [-0.2, 0) is 0 Å². The van der Waals surface area contributed by atoms with Crippen molar-refractivity contribution in [3.8, 4) is 0 Å². The van der Waals surface area contributed by atoms with E-state index in [1.165, 1.54) is 32.1 Å². The van der Waals surface area contributed by atoms with Gasteiger partial charge in [0.25, 0.3) is 0 Å². The van der Waals surface area contributed by atoms with E-state index in [0.717, 1.165) is 0 Å². The molecule has 1 radical (unpaired) electrons. The molecule has 0 heteroatoms. The Morgan fingerprint density at radius 3 is 2.00 bits per heavy atom. The van der Waals surface area contributed by atoms with E-state index in [1.807, 2.05) is 0 Å². The lowest BCUT2D eigenvalue weighted by Crippen LogP contribution is -2.24. The van der Waals surface area contributed by atoms with E-state index >= 15 is 0 Å². The molecule has 0 nitrogen and oxygen atoms in total. The lowest BCUT2D eigenvalue weighted by atomic mass is 9.70. The van der Waals surface area contributed by atoms with Gasteiger partial charge in [-0.2, -0.15) is 0 Å². The second-order valence-corrected chi connectivity index (χ2v) is 6.92. The van der Waals surface area contributed by atoms with E-state index in [0.29, 0.717) is 16.7 Å². The van der Waals surface area contributed by atoms with Crippen molar-refractivity contribution in [1.82, 2.24) is 0 Å².